The van der Waals surface area contributed by atoms with E-state index in [0.29, 0.717) is 6.54 Å². The number of hydrogen-bond donors (Lipinski definition) is 6. The Kier molecular flexibility index (Phi) is 9.07. The van der Waals surface area contributed by atoms with Crippen LogP contribution in [0.3, 0.4) is 0 Å². The van der Waals surface area contributed by atoms with E-state index in [1.165, 1.54) is 6.92 Å². The Hall–Kier alpha value is -1.70. The molecule has 2 fully saturated rings. The van der Waals surface area contributed by atoms with Crippen molar-refractivity contribution in [2.24, 2.45) is 10.2 Å². The van der Waals surface area contributed by atoms with Crippen molar-refractivity contribution in [2.75, 3.05) is 6.54 Å². The van der Waals surface area contributed by atoms with Crippen molar-refractivity contribution in [2.45, 2.75) is 93.8 Å². The minimum atomic E-state index is -1.62. The smallest absolute Gasteiger partial charge is 0.169 e. The van der Waals surface area contributed by atoms with Crippen LogP contribution in [-0.2, 0) is 9.47 Å². The molecular weight excluding hydrogens is 402 g/mol. The molecule has 14 heteroatoms. The van der Waals surface area contributed by atoms with Gasteiger partial charge in [0.25, 0.3) is 0 Å². The molecule has 2 aliphatic rings. The third-order valence-electron chi connectivity index (χ3n) is 5.39. The summed E-state index contributed by atoms with van der Waals surface area (Å²) in [5.41, 5.74) is 17.7. The van der Waals surface area contributed by atoms with Crippen LogP contribution in [0.4, 0.5) is 0 Å². The van der Waals surface area contributed by atoms with Gasteiger partial charge in [-0.2, -0.15) is 0 Å². The highest BCUT2D eigenvalue weighted by molar-refractivity contribution is 5.02. The van der Waals surface area contributed by atoms with Crippen molar-refractivity contribution >= 4 is 0 Å². The van der Waals surface area contributed by atoms with Gasteiger partial charge in [0, 0.05) is 15.9 Å². The summed E-state index contributed by atoms with van der Waals surface area (Å²) in [7, 11) is 0. The lowest BCUT2D eigenvalue weighted by Gasteiger charge is -2.46. The Labute approximate surface area is 172 Å². The van der Waals surface area contributed by atoms with Gasteiger partial charge >= 0.3 is 0 Å². The van der Waals surface area contributed by atoms with Crippen LogP contribution >= 0.6 is 0 Å². The van der Waals surface area contributed by atoms with Gasteiger partial charge in [-0.15, -0.1) is 0 Å². The van der Waals surface area contributed by atoms with Gasteiger partial charge in [-0.3, -0.25) is 0 Å². The minimum Gasteiger partial charge on any atom is -0.391 e. The second kappa shape index (κ2) is 11.1. The molecule has 170 valence electrons. The summed E-state index contributed by atoms with van der Waals surface area (Å²) < 4.78 is 11.2. The van der Waals surface area contributed by atoms with Crippen LogP contribution in [0, 0.1) is 0 Å². The first-order valence-electron chi connectivity index (χ1n) is 9.79. The number of ether oxygens (including phenoxy) is 2. The minimum absolute atomic E-state index is 0.150. The monoisotopic (exact) mass is 431 g/mol. The predicted octanol–water partition coefficient (Wildman–Crippen LogP) is -0.949. The molecule has 30 heavy (non-hydrogen) atoms. The second-order valence-electron chi connectivity index (χ2n) is 7.54. The zero-order chi connectivity index (χ0) is 22.4. The Morgan fingerprint density at radius 1 is 1.10 bits per heavy atom. The molecule has 0 aromatic heterocycles. The van der Waals surface area contributed by atoms with Gasteiger partial charge in [-0.05, 0) is 37.4 Å². The molecule has 1 aliphatic heterocycles. The van der Waals surface area contributed by atoms with Crippen molar-refractivity contribution < 1.29 is 35.0 Å². The van der Waals surface area contributed by atoms with E-state index in [1.54, 1.807) is 0 Å². The molecule has 1 aliphatic carbocycles. The molecule has 0 aromatic rings. The highest BCUT2D eigenvalue weighted by Crippen LogP contribution is 2.32. The van der Waals surface area contributed by atoms with Crippen molar-refractivity contribution in [3.8, 4) is 0 Å². The maximum absolute atomic E-state index is 10.6. The third kappa shape index (κ3) is 5.31. The highest BCUT2D eigenvalue weighted by Gasteiger charge is 2.50. The standard InChI is InChI=1S/C16H29N7O7/c1-3-4-19-7-5-8(20-22-17)15(12(27)10(7)25)30-16-9(21-23-18)11(26)13(28)14(29-16)6(2)24/h6-16,19,24-28H,3-5H2,1-2H3/t6-,7-,8?,9?,10?,11?,12?,13+,14?,15-,16-/m1/s1. The normalized spacial score (nSPS) is 42.6. The largest absolute Gasteiger partial charge is 0.391 e. The number of aliphatic hydroxyl groups is 5. The average Bonchev–Trinajstić information content (AvgIpc) is 2.71. The van der Waals surface area contributed by atoms with E-state index in [2.05, 4.69) is 25.4 Å². The molecule has 1 saturated carbocycles. The van der Waals surface area contributed by atoms with Crippen LogP contribution in [-0.4, -0.2) is 99.2 Å². The molecule has 0 spiro atoms. The average molecular weight is 431 g/mol. The first kappa shape index (κ1) is 24.6. The SMILES string of the molecule is CCCN[C@@H]1CC(N=[N+]=[N-])[C@@H](O[C@H]2OC([C@@H](C)O)[C@@H](O)C(O)C2N=[N+]=[N-])C(O)C1O. The summed E-state index contributed by atoms with van der Waals surface area (Å²) >= 11 is 0. The van der Waals surface area contributed by atoms with E-state index in [1.807, 2.05) is 6.92 Å². The molecule has 1 heterocycles. The second-order valence-corrected chi connectivity index (χ2v) is 7.54. The van der Waals surface area contributed by atoms with Crippen molar-refractivity contribution in [1.29, 1.82) is 0 Å². The lowest BCUT2D eigenvalue weighted by molar-refractivity contribution is -0.301. The summed E-state index contributed by atoms with van der Waals surface area (Å²) in [5.74, 6) is 0. The Bertz CT molecular complexity index is 658. The quantitative estimate of drug-likeness (QED) is 0.159. The molecular formula is C16H29N7O7. The highest BCUT2D eigenvalue weighted by atomic mass is 16.7. The number of aliphatic hydroxyl groups excluding tert-OH is 5. The van der Waals surface area contributed by atoms with E-state index in [-0.39, 0.29) is 6.42 Å². The third-order valence-corrected chi connectivity index (χ3v) is 5.39. The van der Waals surface area contributed by atoms with Gasteiger partial charge in [-0.1, -0.05) is 17.2 Å². The molecule has 0 bridgehead atoms. The zero-order valence-corrected chi connectivity index (χ0v) is 16.7. The van der Waals surface area contributed by atoms with Crippen LogP contribution in [0.15, 0.2) is 10.2 Å². The fourth-order valence-corrected chi connectivity index (χ4v) is 3.80. The van der Waals surface area contributed by atoms with Gasteiger partial charge in [-0.25, -0.2) is 0 Å². The van der Waals surface area contributed by atoms with Crippen LogP contribution in [0.2, 0.25) is 0 Å². The predicted molar refractivity (Wildman–Crippen MR) is 102 cm³/mol. The maximum atomic E-state index is 10.6. The molecule has 6 N–H and O–H groups in total. The van der Waals surface area contributed by atoms with Crippen LogP contribution in [0.1, 0.15) is 26.7 Å². The van der Waals surface area contributed by atoms with Gasteiger partial charge in [0.15, 0.2) is 6.29 Å². The van der Waals surface area contributed by atoms with E-state index in [0.717, 1.165) is 6.42 Å². The topological polar surface area (TPSA) is 229 Å². The van der Waals surface area contributed by atoms with E-state index in [9.17, 15) is 25.5 Å². The number of azide groups is 2. The van der Waals surface area contributed by atoms with Gasteiger partial charge < -0.3 is 40.3 Å². The Balaban J connectivity index is 2.28. The van der Waals surface area contributed by atoms with Gasteiger partial charge in [0.05, 0.1) is 30.5 Å². The number of nitrogens with one attached hydrogen (secondary N) is 1. The summed E-state index contributed by atoms with van der Waals surface area (Å²) in [4.78, 5) is 5.39. The first-order chi connectivity index (χ1) is 14.3. The fourth-order valence-electron chi connectivity index (χ4n) is 3.80. The van der Waals surface area contributed by atoms with E-state index in [4.69, 9.17) is 20.5 Å². The van der Waals surface area contributed by atoms with Crippen LogP contribution in [0.5, 0.6) is 0 Å². The Morgan fingerprint density at radius 2 is 1.77 bits per heavy atom. The van der Waals surface area contributed by atoms with Crippen molar-refractivity contribution in [1.82, 2.24) is 5.32 Å². The van der Waals surface area contributed by atoms with E-state index >= 15 is 0 Å². The van der Waals surface area contributed by atoms with Gasteiger partial charge in [0.2, 0.25) is 0 Å². The first-order valence-corrected chi connectivity index (χ1v) is 9.79. The lowest BCUT2D eigenvalue weighted by atomic mass is 9.83. The van der Waals surface area contributed by atoms with E-state index < -0.39 is 67.1 Å². The molecule has 0 amide bonds. The summed E-state index contributed by atoms with van der Waals surface area (Å²) in [6.45, 7) is 3.84. The summed E-state index contributed by atoms with van der Waals surface area (Å²) in [6.07, 6.45) is -10.2. The van der Waals surface area contributed by atoms with Gasteiger partial charge in [0.1, 0.15) is 24.4 Å². The lowest BCUT2D eigenvalue weighted by Crippen LogP contribution is -2.64. The Morgan fingerprint density at radius 3 is 2.33 bits per heavy atom. The molecule has 6 unspecified atom stereocenters. The molecule has 0 radical (unpaired) electrons. The molecule has 0 aromatic carbocycles. The molecule has 2 rings (SSSR count). The maximum Gasteiger partial charge on any atom is 0.169 e. The number of rotatable bonds is 8. The van der Waals surface area contributed by atoms with Crippen molar-refractivity contribution in [3.63, 3.8) is 0 Å². The molecule has 14 nitrogen and oxygen atoms in total. The zero-order valence-electron chi connectivity index (χ0n) is 16.7. The van der Waals surface area contributed by atoms with Crippen LogP contribution < -0.4 is 5.32 Å². The molecule has 1 saturated heterocycles. The molecule has 11 atom stereocenters. The summed E-state index contributed by atoms with van der Waals surface area (Å²) in [5, 5.41) is 61.5. The fraction of sp³-hybridized carbons (Fsp3) is 1.00. The van der Waals surface area contributed by atoms with Crippen LogP contribution in [0.25, 0.3) is 20.9 Å². The number of hydrogen-bond acceptors (Lipinski definition) is 10. The van der Waals surface area contributed by atoms with Crippen molar-refractivity contribution in [3.05, 3.63) is 20.9 Å². The summed E-state index contributed by atoms with van der Waals surface area (Å²) in [6, 6.07) is -2.87. The number of nitrogens with zero attached hydrogens (tertiary/aromatic N) is 6.